The van der Waals surface area contributed by atoms with Crippen LogP contribution in [0.4, 0.5) is 0 Å². The minimum Gasteiger partial charge on any atom is -0.480 e. The van der Waals surface area contributed by atoms with Crippen molar-refractivity contribution >= 4 is 5.97 Å². The fourth-order valence-corrected chi connectivity index (χ4v) is 1.60. The number of nitrogens with zero attached hydrogens (tertiary/aromatic N) is 3. The first kappa shape index (κ1) is 12.4. The molecule has 0 radical (unpaired) electrons. The van der Waals surface area contributed by atoms with Gasteiger partial charge in [-0.15, -0.1) is 6.58 Å². The van der Waals surface area contributed by atoms with Crippen LogP contribution in [0.1, 0.15) is 11.4 Å². The van der Waals surface area contributed by atoms with E-state index in [1.165, 1.54) is 0 Å². The molecule has 1 N–H and O–H groups in total. The maximum atomic E-state index is 10.7. The van der Waals surface area contributed by atoms with Gasteiger partial charge in [0.25, 0.3) is 0 Å². The third-order valence-corrected chi connectivity index (χ3v) is 2.23. The van der Waals surface area contributed by atoms with Gasteiger partial charge in [0.1, 0.15) is 0 Å². The minimum atomic E-state index is -0.833. The van der Waals surface area contributed by atoms with E-state index in [0.29, 0.717) is 13.1 Å². The molecule has 0 saturated heterocycles. The smallest absolute Gasteiger partial charge is 0.317 e. The van der Waals surface area contributed by atoms with Crippen LogP contribution in [0.5, 0.6) is 0 Å². The summed E-state index contributed by atoms with van der Waals surface area (Å²) >= 11 is 0. The quantitative estimate of drug-likeness (QED) is 0.725. The molecule has 16 heavy (non-hydrogen) atoms. The zero-order valence-electron chi connectivity index (χ0n) is 9.68. The van der Waals surface area contributed by atoms with Gasteiger partial charge in [-0.25, -0.2) is 0 Å². The van der Waals surface area contributed by atoms with Crippen LogP contribution in [0.25, 0.3) is 0 Å². The monoisotopic (exact) mass is 223 g/mol. The summed E-state index contributed by atoms with van der Waals surface area (Å²) < 4.78 is 1.77. The van der Waals surface area contributed by atoms with Crippen LogP contribution in [-0.4, -0.2) is 38.8 Å². The number of aliphatic carboxylic acids is 1. The Morgan fingerprint density at radius 2 is 2.44 bits per heavy atom. The van der Waals surface area contributed by atoms with Gasteiger partial charge in [0.15, 0.2) is 0 Å². The molecule has 1 rings (SSSR count). The van der Waals surface area contributed by atoms with Gasteiger partial charge in [0, 0.05) is 20.1 Å². The summed E-state index contributed by atoms with van der Waals surface area (Å²) in [6.45, 7) is 6.66. The normalized spacial score (nSPS) is 10.7. The van der Waals surface area contributed by atoms with Gasteiger partial charge in [0.05, 0.1) is 17.9 Å². The molecule has 1 aromatic rings. The lowest BCUT2D eigenvalue weighted by atomic mass is 10.3. The average molecular weight is 223 g/mol. The minimum absolute atomic E-state index is 0.0102. The Labute approximate surface area is 95.0 Å². The molecule has 0 atom stereocenters. The number of aromatic nitrogens is 2. The molecule has 0 saturated carbocycles. The summed E-state index contributed by atoms with van der Waals surface area (Å²) in [6.07, 6.45) is 1.70. The van der Waals surface area contributed by atoms with E-state index in [1.807, 2.05) is 20.0 Å². The molecule has 1 aromatic heterocycles. The van der Waals surface area contributed by atoms with Crippen LogP contribution < -0.4 is 0 Å². The van der Waals surface area contributed by atoms with E-state index in [-0.39, 0.29) is 6.54 Å². The average Bonchev–Trinajstić information content (AvgIpc) is 2.44. The molecule has 88 valence electrons. The molecule has 0 aliphatic heterocycles. The standard InChI is InChI=1S/C11H17N3O2/c1-4-5-14(8-11(15)16)7-10-6-9(2)12-13(10)3/h4,6H,1,5,7-8H2,2-3H3,(H,15,16). The van der Waals surface area contributed by atoms with Gasteiger partial charge in [0.2, 0.25) is 0 Å². The molecule has 0 bridgehead atoms. The second-order valence-corrected chi connectivity index (χ2v) is 3.75. The van der Waals surface area contributed by atoms with Crippen LogP contribution in [0.2, 0.25) is 0 Å². The van der Waals surface area contributed by atoms with E-state index >= 15 is 0 Å². The van der Waals surface area contributed by atoms with E-state index in [2.05, 4.69) is 11.7 Å². The maximum absolute atomic E-state index is 10.7. The summed E-state index contributed by atoms with van der Waals surface area (Å²) in [4.78, 5) is 12.5. The SMILES string of the molecule is C=CCN(CC(=O)O)Cc1cc(C)nn1C. The molecule has 5 nitrogen and oxygen atoms in total. The lowest BCUT2D eigenvalue weighted by Gasteiger charge is -2.17. The van der Waals surface area contributed by atoms with Crippen LogP contribution in [0.15, 0.2) is 18.7 Å². The van der Waals surface area contributed by atoms with Crippen molar-refractivity contribution in [2.45, 2.75) is 13.5 Å². The summed E-state index contributed by atoms with van der Waals surface area (Å²) in [5.41, 5.74) is 1.94. The molecule has 1 heterocycles. The highest BCUT2D eigenvalue weighted by molar-refractivity contribution is 5.69. The Hall–Kier alpha value is -1.62. The van der Waals surface area contributed by atoms with Gasteiger partial charge < -0.3 is 5.11 Å². The second-order valence-electron chi connectivity index (χ2n) is 3.75. The number of carbonyl (C=O) groups is 1. The zero-order chi connectivity index (χ0) is 12.1. The number of aryl methyl sites for hydroxylation is 2. The fraction of sp³-hybridized carbons (Fsp3) is 0.455. The molecule has 0 aliphatic rings. The van der Waals surface area contributed by atoms with Crippen LogP contribution in [0, 0.1) is 6.92 Å². The predicted molar refractivity (Wildman–Crippen MR) is 61.1 cm³/mol. The zero-order valence-corrected chi connectivity index (χ0v) is 9.68. The first-order valence-electron chi connectivity index (χ1n) is 5.07. The van der Waals surface area contributed by atoms with Crippen molar-refractivity contribution in [3.05, 3.63) is 30.1 Å². The highest BCUT2D eigenvalue weighted by atomic mass is 16.4. The topological polar surface area (TPSA) is 58.4 Å². The van der Waals surface area contributed by atoms with Gasteiger partial charge in [-0.1, -0.05) is 6.08 Å². The molecule has 0 unspecified atom stereocenters. The second kappa shape index (κ2) is 5.46. The predicted octanol–water partition coefficient (Wildman–Crippen LogP) is 0.801. The molecule has 0 aromatic carbocycles. The van der Waals surface area contributed by atoms with Crippen LogP contribution in [0.3, 0.4) is 0 Å². The lowest BCUT2D eigenvalue weighted by molar-refractivity contribution is -0.138. The molecule has 0 spiro atoms. The van der Waals surface area contributed by atoms with E-state index in [0.717, 1.165) is 11.4 Å². The number of hydrogen-bond acceptors (Lipinski definition) is 3. The van der Waals surface area contributed by atoms with Gasteiger partial charge in [-0.2, -0.15) is 5.10 Å². The maximum Gasteiger partial charge on any atom is 0.317 e. The first-order chi connectivity index (χ1) is 7.52. The van der Waals surface area contributed by atoms with Crippen molar-refractivity contribution in [1.82, 2.24) is 14.7 Å². The Bertz CT molecular complexity index is 385. The van der Waals surface area contributed by atoms with E-state index < -0.39 is 5.97 Å². The van der Waals surface area contributed by atoms with Crippen LogP contribution in [-0.2, 0) is 18.4 Å². The molecule has 0 fully saturated rings. The highest BCUT2D eigenvalue weighted by Gasteiger charge is 2.11. The summed E-state index contributed by atoms with van der Waals surface area (Å²) in [7, 11) is 1.86. The Morgan fingerprint density at radius 1 is 1.75 bits per heavy atom. The molecule has 0 aliphatic carbocycles. The molecule has 5 heteroatoms. The largest absolute Gasteiger partial charge is 0.480 e. The van der Waals surface area contributed by atoms with Crippen molar-refractivity contribution in [2.75, 3.05) is 13.1 Å². The van der Waals surface area contributed by atoms with Gasteiger partial charge >= 0.3 is 5.97 Å². The van der Waals surface area contributed by atoms with E-state index in [1.54, 1.807) is 15.7 Å². The van der Waals surface area contributed by atoms with Crippen molar-refractivity contribution in [3.63, 3.8) is 0 Å². The summed E-state index contributed by atoms with van der Waals surface area (Å²) in [5, 5.41) is 13.0. The Morgan fingerprint density at radius 3 is 2.88 bits per heavy atom. The molecular weight excluding hydrogens is 206 g/mol. The summed E-state index contributed by atoms with van der Waals surface area (Å²) in [5.74, 6) is -0.833. The van der Waals surface area contributed by atoms with Gasteiger partial charge in [-0.3, -0.25) is 14.4 Å². The summed E-state index contributed by atoms with van der Waals surface area (Å²) in [6, 6.07) is 1.96. The fourth-order valence-electron chi connectivity index (χ4n) is 1.60. The number of hydrogen-bond donors (Lipinski definition) is 1. The van der Waals surface area contributed by atoms with Crippen molar-refractivity contribution in [1.29, 1.82) is 0 Å². The Kier molecular flexibility index (Phi) is 4.25. The third kappa shape index (κ3) is 3.51. The number of carboxylic acids is 1. The first-order valence-corrected chi connectivity index (χ1v) is 5.07. The number of carboxylic acid groups (broad SMARTS) is 1. The van der Waals surface area contributed by atoms with Crippen LogP contribution >= 0.6 is 0 Å². The van der Waals surface area contributed by atoms with E-state index in [9.17, 15) is 4.79 Å². The lowest BCUT2D eigenvalue weighted by Crippen LogP contribution is -2.30. The van der Waals surface area contributed by atoms with Gasteiger partial charge in [-0.05, 0) is 13.0 Å². The Balaban J connectivity index is 2.70. The molecule has 0 amide bonds. The van der Waals surface area contributed by atoms with Crippen molar-refractivity contribution in [3.8, 4) is 0 Å². The van der Waals surface area contributed by atoms with Crippen molar-refractivity contribution < 1.29 is 9.90 Å². The molecular formula is C11H17N3O2. The number of rotatable bonds is 6. The van der Waals surface area contributed by atoms with E-state index in [4.69, 9.17) is 5.11 Å². The highest BCUT2D eigenvalue weighted by Crippen LogP contribution is 2.06. The third-order valence-electron chi connectivity index (χ3n) is 2.23. The van der Waals surface area contributed by atoms with Crippen molar-refractivity contribution in [2.24, 2.45) is 7.05 Å².